The van der Waals surface area contributed by atoms with Gasteiger partial charge in [-0.1, -0.05) is 6.42 Å². The molecule has 1 atom stereocenters. The van der Waals surface area contributed by atoms with E-state index in [1.54, 1.807) is 0 Å². The highest BCUT2D eigenvalue weighted by Crippen LogP contribution is 2.28. The summed E-state index contributed by atoms with van der Waals surface area (Å²) in [7, 11) is 0. The average molecular weight is 208 g/mol. The van der Waals surface area contributed by atoms with Crippen LogP contribution in [0.25, 0.3) is 0 Å². The van der Waals surface area contributed by atoms with Crippen LogP contribution < -0.4 is 0 Å². The molecule has 2 rings (SSSR count). The predicted molar refractivity (Wildman–Crippen MR) is 53.4 cm³/mol. The highest BCUT2D eigenvalue weighted by atomic mass is 16.6. The third kappa shape index (κ3) is 1.97. The zero-order valence-electron chi connectivity index (χ0n) is 8.22. The number of aliphatic hydroxyl groups is 1. The Bertz CT molecular complexity index is 392. The Hall–Kier alpha value is -1.49. The minimum absolute atomic E-state index is 0.00264. The lowest BCUT2D eigenvalue weighted by Gasteiger charge is -2.09. The molecule has 1 aliphatic carbocycles. The maximum Gasteiger partial charge on any atom is 0.287 e. The zero-order chi connectivity index (χ0) is 10.8. The first-order chi connectivity index (χ1) is 7.18. The number of pyridine rings is 1. The number of hydrogen-bond acceptors (Lipinski definition) is 4. The molecule has 1 heterocycles. The van der Waals surface area contributed by atoms with Crippen molar-refractivity contribution in [3.05, 3.63) is 33.6 Å². The minimum atomic E-state index is -0.566. The number of aryl methyl sites for hydroxylation is 1. The van der Waals surface area contributed by atoms with E-state index in [-0.39, 0.29) is 5.69 Å². The van der Waals surface area contributed by atoms with Crippen molar-refractivity contribution in [3.8, 4) is 0 Å². The molecular formula is C10H12N2O3. The lowest BCUT2D eigenvalue weighted by molar-refractivity contribution is -0.385. The second-order valence-corrected chi connectivity index (χ2v) is 3.76. The van der Waals surface area contributed by atoms with Crippen molar-refractivity contribution in [2.75, 3.05) is 0 Å². The van der Waals surface area contributed by atoms with Crippen LogP contribution in [0.2, 0.25) is 0 Å². The van der Waals surface area contributed by atoms with Crippen LogP contribution in [0, 0.1) is 10.1 Å². The molecule has 1 unspecified atom stereocenters. The van der Waals surface area contributed by atoms with Crippen molar-refractivity contribution in [3.63, 3.8) is 0 Å². The van der Waals surface area contributed by atoms with E-state index in [2.05, 4.69) is 4.98 Å². The van der Waals surface area contributed by atoms with E-state index in [1.807, 2.05) is 0 Å². The van der Waals surface area contributed by atoms with Crippen molar-refractivity contribution >= 4 is 5.69 Å². The van der Waals surface area contributed by atoms with E-state index < -0.39 is 11.0 Å². The van der Waals surface area contributed by atoms with Crippen molar-refractivity contribution in [1.29, 1.82) is 0 Å². The molecule has 0 radical (unpaired) electrons. The minimum Gasteiger partial charge on any atom is -0.387 e. The molecule has 0 saturated heterocycles. The van der Waals surface area contributed by atoms with Crippen LogP contribution in [0.1, 0.15) is 36.6 Å². The second-order valence-electron chi connectivity index (χ2n) is 3.76. The fourth-order valence-electron chi connectivity index (χ4n) is 1.90. The average Bonchev–Trinajstić information content (AvgIpc) is 2.40. The monoisotopic (exact) mass is 208 g/mol. The third-order valence-electron chi connectivity index (χ3n) is 2.69. The van der Waals surface area contributed by atoms with Crippen molar-refractivity contribution in [2.45, 2.75) is 31.8 Å². The summed E-state index contributed by atoms with van der Waals surface area (Å²) in [5.41, 5.74) is 1.43. The van der Waals surface area contributed by atoms with E-state index in [0.717, 1.165) is 24.8 Å². The second kappa shape index (κ2) is 3.94. The van der Waals surface area contributed by atoms with Crippen LogP contribution in [-0.4, -0.2) is 15.0 Å². The van der Waals surface area contributed by atoms with Crippen LogP contribution in [0.5, 0.6) is 0 Å². The molecule has 1 aromatic heterocycles. The van der Waals surface area contributed by atoms with Gasteiger partial charge in [0.25, 0.3) is 5.69 Å². The summed E-state index contributed by atoms with van der Waals surface area (Å²) in [4.78, 5) is 14.1. The van der Waals surface area contributed by atoms with Gasteiger partial charge in [0.15, 0.2) is 0 Å². The summed E-state index contributed by atoms with van der Waals surface area (Å²) >= 11 is 0. The zero-order valence-corrected chi connectivity index (χ0v) is 8.22. The molecule has 1 N–H and O–H groups in total. The van der Waals surface area contributed by atoms with Gasteiger partial charge in [-0.05, 0) is 24.8 Å². The molecule has 0 aromatic carbocycles. The van der Waals surface area contributed by atoms with Gasteiger partial charge in [-0.2, -0.15) is 0 Å². The number of rotatable bonds is 1. The summed E-state index contributed by atoms with van der Waals surface area (Å²) in [6.45, 7) is 0. The Morgan fingerprint density at radius 2 is 2.33 bits per heavy atom. The predicted octanol–water partition coefficient (Wildman–Crippen LogP) is 1.75. The Morgan fingerprint density at radius 1 is 1.53 bits per heavy atom. The van der Waals surface area contributed by atoms with Gasteiger partial charge < -0.3 is 5.11 Å². The van der Waals surface area contributed by atoms with Gasteiger partial charge in [0, 0.05) is 6.07 Å². The van der Waals surface area contributed by atoms with E-state index in [0.29, 0.717) is 12.1 Å². The summed E-state index contributed by atoms with van der Waals surface area (Å²) in [6.07, 6.45) is 3.99. The Labute approximate surface area is 86.9 Å². The van der Waals surface area contributed by atoms with Gasteiger partial charge in [-0.25, -0.2) is 0 Å². The van der Waals surface area contributed by atoms with E-state index >= 15 is 0 Å². The number of fused-ring (bicyclic) bond motifs is 1. The van der Waals surface area contributed by atoms with Gasteiger partial charge >= 0.3 is 0 Å². The number of nitro groups is 1. The number of hydrogen-bond donors (Lipinski definition) is 1. The fraction of sp³-hybridized carbons (Fsp3) is 0.500. The molecule has 1 aromatic rings. The Morgan fingerprint density at radius 3 is 3.07 bits per heavy atom. The molecule has 0 aliphatic heterocycles. The Kier molecular flexibility index (Phi) is 2.64. The number of nitrogens with zero attached hydrogens (tertiary/aromatic N) is 2. The molecule has 0 spiro atoms. The van der Waals surface area contributed by atoms with Crippen molar-refractivity contribution in [2.24, 2.45) is 0 Å². The van der Waals surface area contributed by atoms with Crippen LogP contribution in [0.4, 0.5) is 5.69 Å². The Balaban J connectivity index is 2.42. The van der Waals surface area contributed by atoms with Crippen LogP contribution in [0.15, 0.2) is 12.3 Å². The number of aromatic nitrogens is 1. The van der Waals surface area contributed by atoms with Gasteiger partial charge in [0.05, 0.1) is 16.7 Å². The summed E-state index contributed by atoms with van der Waals surface area (Å²) in [5, 5.41) is 20.3. The molecule has 0 fully saturated rings. The third-order valence-corrected chi connectivity index (χ3v) is 2.69. The first-order valence-corrected chi connectivity index (χ1v) is 5.00. The quantitative estimate of drug-likeness (QED) is 0.433. The van der Waals surface area contributed by atoms with Crippen LogP contribution in [0.3, 0.4) is 0 Å². The van der Waals surface area contributed by atoms with E-state index in [1.165, 1.54) is 12.3 Å². The lowest BCUT2D eigenvalue weighted by atomic mass is 10.1. The maximum atomic E-state index is 10.6. The van der Waals surface area contributed by atoms with Crippen molar-refractivity contribution in [1.82, 2.24) is 4.98 Å². The molecule has 0 amide bonds. The van der Waals surface area contributed by atoms with Gasteiger partial charge in [0.1, 0.15) is 6.20 Å². The van der Waals surface area contributed by atoms with Crippen LogP contribution in [-0.2, 0) is 6.42 Å². The molecule has 0 bridgehead atoms. The molecule has 5 nitrogen and oxygen atoms in total. The maximum absolute atomic E-state index is 10.6. The van der Waals surface area contributed by atoms with E-state index in [9.17, 15) is 15.2 Å². The largest absolute Gasteiger partial charge is 0.387 e. The lowest BCUT2D eigenvalue weighted by Crippen LogP contribution is -2.03. The summed E-state index contributed by atoms with van der Waals surface area (Å²) in [6, 6.07) is 1.52. The summed E-state index contributed by atoms with van der Waals surface area (Å²) < 4.78 is 0. The highest BCUT2D eigenvalue weighted by molar-refractivity contribution is 5.35. The first-order valence-electron chi connectivity index (χ1n) is 5.00. The highest BCUT2D eigenvalue weighted by Gasteiger charge is 2.20. The van der Waals surface area contributed by atoms with Gasteiger partial charge in [-0.3, -0.25) is 15.1 Å². The van der Waals surface area contributed by atoms with E-state index in [4.69, 9.17) is 0 Å². The molecule has 0 saturated carbocycles. The molecular weight excluding hydrogens is 196 g/mol. The molecule has 1 aliphatic rings. The summed E-state index contributed by atoms with van der Waals surface area (Å²) in [5.74, 6) is 0. The fourth-order valence-corrected chi connectivity index (χ4v) is 1.90. The first kappa shape index (κ1) is 10.0. The smallest absolute Gasteiger partial charge is 0.287 e. The molecule has 80 valence electrons. The molecule has 15 heavy (non-hydrogen) atoms. The van der Waals surface area contributed by atoms with Gasteiger partial charge in [0.2, 0.25) is 0 Å². The standard InChI is InChI=1S/C10H12N2O3/c13-9-4-2-1-3-7-5-8(12(14)15)6-11-10(7)9/h5-6,9,13H,1-4H2. The number of aliphatic hydroxyl groups excluding tert-OH is 1. The SMILES string of the molecule is O=[N+]([O-])c1cnc2c(c1)CCCCC2O. The normalized spacial score (nSPS) is 20.5. The van der Waals surface area contributed by atoms with Crippen LogP contribution >= 0.6 is 0 Å². The van der Waals surface area contributed by atoms with Crippen molar-refractivity contribution < 1.29 is 10.0 Å². The molecule has 5 heteroatoms. The topological polar surface area (TPSA) is 76.3 Å². The van der Waals surface area contributed by atoms with Gasteiger partial charge in [-0.15, -0.1) is 0 Å².